The van der Waals surface area contributed by atoms with Gasteiger partial charge in [-0.1, -0.05) is 62.6 Å². The topological polar surface area (TPSA) is 38.7 Å². The number of methoxy groups -OCH3 is 1. The van der Waals surface area contributed by atoms with Crippen molar-refractivity contribution in [3.63, 3.8) is 0 Å². The number of hydrogen-bond donors (Lipinski definition) is 0. The third-order valence-electron chi connectivity index (χ3n) is 3.73. The minimum absolute atomic E-state index is 0.300. The Balaban J connectivity index is 1.98. The molecule has 0 saturated carbocycles. The average Bonchev–Trinajstić information content (AvgIpc) is 3.27. The number of carbonyl (C=O) groups excluding carboxylic acids is 1. The largest absolute Gasteiger partial charge is 0.467 e. The molecule has 21 heavy (non-hydrogen) atoms. The number of rotatable bonds is 8. The van der Waals surface area contributed by atoms with E-state index in [9.17, 15) is 4.79 Å². The van der Waals surface area contributed by atoms with Crippen molar-refractivity contribution in [1.82, 2.24) is 0 Å². The van der Waals surface area contributed by atoms with E-state index in [4.69, 9.17) is 4.74 Å². The number of hydrogen-bond acceptors (Lipinski definition) is 3. The van der Waals surface area contributed by atoms with Crippen LogP contribution in [0, 0.1) is 0 Å². The molecule has 0 aromatic heterocycles. The van der Waals surface area contributed by atoms with Crippen LogP contribution < -0.4 is 0 Å². The summed E-state index contributed by atoms with van der Waals surface area (Å²) in [5.74, 6) is -0.300. The van der Waals surface area contributed by atoms with E-state index in [1.165, 1.54) is 26.4 Å². The molecule has 2 rings (SSSR count). The second kappa shape index (κ2) is 7.21. The van der Waals surface area contributed by atoms with Crippen molar-refractivity contribution in [3.8, 4) is 0 Å². The fourth-order valence-electron chi connectivity index (χ4n) is 2.45. The Kier molecular flexibility index (Phi) is 5.32. The fourth-order valence-corrected chi connectivity index (χ4v) is 2.45. The van der Waals surface area contributed by atoms with Gasteiger partial charge in [0.25, 0.3) is 0 Å². The van der Waals surface area contributed by atoms with Crippen LogP contribution in [-0.2, 0) is 9.53 Å². The number of ether oxygens (including phenoxy) is 1. The van der Waals surface area contributed by atoms with Crippen LogP contribution in [0.1, 0.15) is 44.6 Å². The monoisotopic (exact) mass is 285 g/mol. The van der Waals surface area contributed by atoms with Gasteiger partial charge in [-0.05, 0) is 24.5 Å². The summed E-state index contributed by atoms with van der Waals surface area (Å²) in [6, 6.07) is 9.80. The van der Waals surface area contributed by atoms with Gasteiger partial charge in [-0.15, -0.1) is 0 Å². The summed E-state index contributed by atoms with van der Waals surface area (Å²) in [5.41, 5.74) is 0.916. The number of unbranched alkanes of at least 4 members (excludes halogenated alkanes) is 4. The number of nitrogens with zero attached hydrogens (tertiary/aromatic N) is 1. The lowest BCUT2D eigenvalue weighted by molar-refractivity contribution is -0.141. The van der Waals surface area contributed by atoms with Gasteiger partial charge in [-0.25, -0.2) is 4.79 Å². The third-order valence-corrected chi connectivity index (χ3v) is 3.73. The molecule has 0 aliphatic carbocycles. The van der Waals surface area contributed by atoms with Crippen LogP contribution in [0.15, 0.2) is 47.5 Å². The molecule has 1 heterocycles. The van der Waals surface area contributed by atoms with Crippen LogP contribution in [-0.4, -0.2) is 24.3 Å². The lowest BCUT2D eigenvalue weighted by Gasteiger charge is -2.08. The van der Waals surface area contributed by atoms with Crippen molar-refractivity contribution in [2.24, 2.45) is 4.99 Å². The minimum Gasteiger partial charge on any atom is -0.467 e. The second-order valence-corrected chi connectivity index (χ2v) is 5.34. The number of aliphatic imine (C=N–C) groups is 1. The van der Waals surface area contributed by atoms with Crippen molar-refractivity contribution < 1.29 is 9.53 Å². The van der Waals surface area contributed by atoms with Gasteiger partial charge < -0.3 is 4.74 Å². The van der Waals surface area contributed by atoms with Crippen LogP contribution in [0.25, 0.3) is 0 Å². The van der Waals surface area contributed by atoms with E-state index in [0.29, 0.717) is 0 Å². The van der Waals surface area contributed by atoms with Crippen molar-refractivity contribution >= 4 is 11.7 Å². The van der Waals surface area contributed by atoms with Crippen molar-refractivity contribution in [3.05, 3.63) is 48.0 Å². The van der Waals surface area contributed by atoms with Crippen LogP contribution in [0.4, 0.5) is 0 Å². The summed E-state index contributed by atoms with van der Waals surface area (Å²) in [7, 11) is 1.41. The molecule has 3 nitrogen and oxygen atoms in total. The lowest BCUT2D eigenvalue weighted by Crippen LogP contribution is -2.29. The number of allylic oxidation sites excluding steroid dienone is 1. The van der Waals surface area contributed by atoms with Crippen molar-refractivity contribution in [1.29, 1.82) is 0 Å². The van der Waals surface area contributed by atoms with Gasteiger partial charge in [0.15, 0.2) is 0 Å². The molecule has 1 aromatic carbocycles. The highest BCUT2D eigenvalue weighted by molar-refractivity contribution is 6.30. The highest BCUT2D eigenvalue weighted by atomic mass is 16.5. The molecule has 1 aromatic rings. The highest BCUT2D eigenvalue weighted by Crippen LogP contribution is 2.35. The maximum Gasteiger partial charge on any atom is 0.344 e. The Morgan fingerprint density at radius 3 is 2.67 bits per heavy atom. The lowest BCUT2D eigenvalue weighted by atomic mass is 9.97. The number of carbonyl (C=O) groups is 1. The Morgan fingerprint density at radius 2 is 2.00 bits per heavy atom. The zero-order valence-electron chi connectivity index (χ0n) is 12.8. The molecule has 0 amide bonds. The first-order valence-electron chi connectivity index (χ1n) is 7.66. The molecule has 112 valence electrons. The van der Waals surface area contributed by atoms with Crippen LogP contribution in [0.3, 0.4) is 0 Å². The maximum absolute atomic E-state index is 12.1. The predicted octanol–water partition coefficient (Wildman–Crippen LogP) is 3.93. The van der Waals surface area contributed by atoms with E-state index in [1.807, 2.05) is 36.4 Å². The first-order chi connectivity index (χ1) is 10.2. The van der Waals surface area contributed by atoms with Crippen LogP contribution in [0.2, 0.25) is 0 Å². The quantitative estimate of drug-likeness (QED) is 0.412. The molecule has 0 bridgehead atoms. The van der Waals surface area contributed by atoms with Gasteiger partial charge in [-0.3, -0.25) is 4.99 Å². The minimum atomic E-state index is -0.874. The molecule has 1 atom stereocenters. The summed E-state index contributed by atoms with van der Waals surface area (Å²) < 4.78 is 4.92. The van der Waals surface area contributed by atoms with Gasteiger partial charge in [0, 0.05) is 0 Å². The van der Waals surface area contributed by atoms with Gasteiger partial charge in [0.1, 0.15) is 0 Å². The van der Waals surface area contributed by atoms with E-state index < -0.39 is 5.54 Å². The van der Waals surface area contributed by atoms with Crippen molar-refractivity contribution in [2.45, 2.75) is 44.6 Å². The molecular formula is C18H23NO2. The first-order valence-corrected chi connectivity index (χ1v) is 7.66. The summed E-state index contributed by atoms with van der Waals surface area (Å²) in [4.78, 5) is 16.5. The summed E-state index contributed by atoms with van der Waals surface area (Å²) in [6.07, 6.45) is 9.83. The third kappa shape index (κ3) is 3.60. The molecule has 1 unspecified atom stereocenters. The molecule has 0 spiro atoms. The summed E-state index contributed by atoms with van der Waals surface area (Å²) >= 11 is 0. The van der Waals surface area contributed by atoms with E-state index >= 15 is 0 Å². The molecule has 0 fully saturated rings. The molecule has 0 N–H and O–H groups in total. The second-order valence-electron chi connectivity index (χ2n) is 5.34. The smallest absolute Gasteiger partial charge is 0.344 e. The SMILES string of the molecule is CCCCCCC=CC1(C(=O)OC)N=C1c1ccccc1. The Labute approximate surface area is 126 Å². The number of esters is 1. The van der Waals surface area contributed by atoms with E-state index in [2.05, 4.69) is 18.0 Å². The molecule has 1 aliphatic heterocycles. The van der Waals surface area contributed by atoms with Gasteiger partial charge in [0.2, 0.25) is 5.54 Å². The molecule has 3 heteroatoms. The van der Waals surface area contributed by atoms with Crippen LogP contribution in [0.5, 0.6) is 0 Å². The molecular weight excluding hydrogens is 262 g/mol. The molecule has 0 saturated heterocycles. The van der Waals surface area contributed by atoms with E-state index in [-0.39, 0.29) is 5.97 Å². The zero-order valence-corrected chi connectivity index (χ0v) is 12.8. The van der Waals surface area contributed by atoms with Gasteiger partial charge in [-0.2, -0.15) is 0 Å². The van der Waals surface area contributed by atoms with Crippen LogP contribution >= 0.6 is 0 Å². The van der Waals surface area contributed by atoms with Crippen molar-refractivity contribution in [2.75, 3.05) is 7.11 Å². The van der Waals surface area contributed by atoms with Gasteiger partial charge in [0.05, 0.1) is 12.8 Å². The fraction of sp³-hybridized carbons (Fsp3) is 0.444. The first kappa shape index (κ1) is 15.5. The average molecular weight is 285 g/mol. The Bertz CT molecular complexity index is 533. The Hall–Kier alpha value is -1.90. The standard InChI is InChI=1S/C18H23NO2/c1-3-4-5-6-7-11-14-18(17(20)21-2)16(19-18)15-12-9-8-10-13-15/h8-14H,3-7H2,1-2H3. The normalized spacial score (nSPS) is 20.4. The van der Waals surface area contributed by atoms with E-state index in [1.54, 1.807) is 0 Å². The molecule has 0 radical (unpaired) electrons. The highest BCUT2D eigenvalue weighted by Gasteiger charge is 2.53. The molecule has 1 aliphatic rings. The van der Waals surface area contributed by atoms with Gasteiger partial charge >= 0.3 is 5.97 Å². The summed E-state index contributed by atoms with van der Waals surface area (Å²) in [6.45, 7) is 2.20. The van der Waals surface area contributed by atoms with E-state index in [0.717, 1.165) is 24.1 Å². The predicted molar refractivity (Wildman–Crippen MR) is 85.6 cm³/mol. The Morgan fingerprint density at radius 1 is 1.24 bits per heavy atom. The summed E-state index contributed by atoms with van der Waals surface area (Å²) in [5, 5.41) is 0. The maximum atomic E-state index is 12.1. The number of benzene rings is 1. The zero-order chi connectivity index (χ0) is 15.1.